The van der Waals surface area contributed by atoms with Gasteiger partial charge in [-0.15, -0.1) is 0 Å². The Kier molecular flexibility index (Phi) is 5.20. The van der Waals surface area contributed by atoms with E-state index < -0.39 is 11.5 Å². The van der Waals surface area contributed by atoms with Crippen LogP contribution in [0.2, 0.25) is 0 Å². The van der Waals surface area contributed by atoms with E-state index in [-0.39, 0.29) is 0 Å². The molecule has 1 aliphatic carbocycles. The first-order chi connectivity index (χ1) is 18.7. The molecular formula is C34H28O4. The van der Waals surface area contributed by atoms with Crippen molar-refractivity contribution in [2.45, 2.75) is 17.9 Å². The molecule has 4 heteroatoms. The molecule has 0 saturated carbocycles. The Bertz CT molecular complexity index is 1640. The highest BCUT2D eigenvalue weighted by Gasteiger charge is 2.44. The van der Waals surface area contributed by atoms with Crippen LogP contribution in [0.4, 0.5) is 0 Å². The van der Waals surface area contributed by atoms with Crippen molar-refractivity contribution < 1.29 is 19.3 Å². The maximum absolute atomic E-state index is 11.8. The van der Waals surface area contributed by atoms with Gasteiger partial charge >= 0.3 is 0 Å². The lowest BCUT2D eigenvalue weighted by atomic mass is 9.68. The molecule has 0 amide bonds. The summed E-state index contributed by atoms with van der Waals surface area (Å²) in [5.74, 6) is 2.12. The van der Waals surface area contributed by atoms with Gasteiger partial charge in [-0.1, -0.05) is 84.9 Å². The molecule has 7 rings (SSSR count). The molecule has 0 radical (unpaired) electrons. The minimum atomic E-state index is -0.738. The first-order valence-corrected chi connectivity index (χ1v) is 12.9. The Morgan fingerprint density at radius 2 is 1.34 bits per heavy atom. The minimum absolute atomic E-state index is 0.401. The van der Waals surface area contributed by atoms with Crippen LogP contribution < -0.4 is 14.2 Å². The molecular weight excluding hydrogens is 472 g/mol. The molecule has 0 saturated heterocycles. The third kappa shape index (κ3) is 3.13. The summed E-state index contributed by atoms with van der Waals surface area (Å²) in [5.41, 5.74) is 6.98. The van der Waals surface area contributed by atoms with E-state index in [2.05, 4.69) is 54.6 Å². The first-order valence-electron chi connectivity index (χ1n) is 12.9. The largest absolute Gasteiger partial charge is 0.493 e. The monoisotopic (exact) mass is 500 g/mol. The predicted octanol–water partition coefficient (Wildman–Crippen LogP) is 6.84. The summed E-state index contributed by atoms with van der Waals surface area (Å²) >= 11 is 0. The van der Waals surface area contributed by atoms with Crippen molar-refractivity contribution >= 4 is 10.8 Å². The van der Waals surface area contributed by atoms with Crippen molar-refractivity contribution in [3.63, 3.8) is 0 Å². The Morgan fingerprint density at radius 3 is 1.97 bits per heavy atom. The third-order valence-electron chi connectivity index (χ3n) is 8.30. The Balaban J connectivity index is 1.57. The Hall–Kier alpha value is -4.28. The van der Waals surface area contributed by atoms with Gasteiger partial charge in [0.25, 0.3) is 0 Å². The average molecular weight is 501 g/mol. The van der Waals surface area contributed by atoms with E-state index in [1.165, 1.54) is 11.1 Å². The van der Waals surface area contributed by atoms with Crippen LogP contribution in [-0.2, 0) is 11.8 Å². The lowest BCUT2D eigenvalue weighted by molar-refractivity contribution is 0.203. The molecule has 5 aromatic carbocycles. The summed E-state index contributed by atoms with van der Waals surface area (Å²) in [6.45, 7) is 0.485. The van der Waals surface area contributed by atoms with Crippen molar-refractivity contribution in [3.05, 3.63) is 125 Å². The fraction of sp³-hybridized carbons (Fsp3) is 0.176. The normalized spacial score (nSPS) is 16.8. The van der Waals surface area contributed by atoms with Crippen molar-refractivity contribution in [3.8, 4) is 28.4 Å². The molecule has 0 aromatic heterocycles. The highest BCUT2D eigenvalue weighted by Crippen LogP contribution is 2.56. The second kappa shape index (κ2) is 8.64. The van der Waals surface area contributed by atoms with Crippen molar-refractivity contribution in [2.24, 2.45) is 0 Å². The highest BCUT2D eigenvalue weighted by molar-refractivity contribution is 6.07. The number of rotatable bonds is 4. The molecule has 0 fully saturated rings. The van der Waals surface area contributed by atoms with Crippen LogP contribution in [-0.4, -0.2) is 25.9 Å². The van der Waals surface area contributed by atoms with Crippen molar-refractivity contribution in [1.29, 1.82) is 0 Å². The van der Waals surface area contributed by atoms with Crippen LogP contribution in [0.1, 0.15) is 33.9 Å². The van der Waals surface area contributed by atoms with Crippen molar-refractivity contribution in [2.75, 3.05) is 20.8 Å². The van der Waals surface area contributed by atoms with Gasteiger partial charge in [0, 0.05) is 16.5 Å². The zero-order valence-electron chi connectivity index (χ0n) is 21.4. The van der Waals surface area contributed by atoms with Gasteiger partial charge in [-0.25, -0.2) is 0 Å². The number of benzene rings is 5. The van der Waals surface area contributed by atoms with Crippen LogP contribution in [0.15, 0.2) is 97.1 Å². The molecule has 38 heavy (non-hydrogen) atoms. The fourth-order valence-corrected chi connectivity index (χ4v) is 6.51. The fourth-order valence-electron chi connectivity index (χ4n) is 6.51. The molecule has 1 N–H and O–H groups in total. The summed E-state index contributed by atoms with van der Waals surface area (Å²) in [6.07, 6.45) is -0.0352. The predicted molar refractivity (Wildman–Crippen MR) is 149 cm³/mol. The topological polar surface area (TPSA) is 47.9 Å². The van der Waals surface area contributed by atoms with Gasteiger partial charge in [0.15, 0.2) is 11.5 Å². The van der Waals surface area contributed by atoms with Crippen LogP contribution >= 0.6 is 0 Å². The van der Waals surface area contributed by atoms with Crippen molar-refractivity contribution in [1.82, 2.24) is 0 Å². The zero-order chi connectivity index (χ0) is 25.9. The SMILES string of the molecule is COc1cc2c3c(c4c(c2cc1OC)-c1ccccc1C4O)CC(c1ccccc1)(c1ccccc1)CO3. The average Bonchev–Trinajstić information content (AvgIpc) is 3.29. The van der Waals surface area contributed by atoms with Gasteiger partial charge < -0.3 is 19.3 Å². The second-order valence-corrected chi connectivity index (χ2v) is 10.1. The standard InChI is InChI=1S/C34H28O4/c1-36-28-17-25-26(18-29(28)37-2)33-27(31-30(25)23-15-9-10-16-24(23)32(31)35)19-34(20-38-33,21-11-5-3-6-12-21)22-13-7-4-8-14-22/h3-18,32,35H,19-20H2,1-2H3. The van der Waals surface area contributed by atoms with E-state index in [4.69, 9.17) is 14.2 Å². The molecule has 2 aliphatic rings. The van der Waals surface area contributed by atoms with Gasteiger partial charge in [-0.05, 0) is 51.8 Å². The number of methoxy groups -OCH3 is 2. The highest BCUT2D eigenvalue weighted by atomic mass is 16.5. The summed E-state index contributed by atoms with van der Waals surface area (Å²) in [7, 11) is 3.30. The number of ether oxygens (including phenoxy) is 3. The quantitative estimate of drug-likeness (QED) is 0.294. The molecule has 1 unspecified atom stereocenters. The Morgan fingerprint density at radius 1 is 0.763 bits per heavy atom. The smallest absolute Gasteiger partial charge is 0.161 e. The van der Waals surface area contributed by atoms with Gasteiger partial charge in [0.1, 0.15) is 18.5 Å². The number of aliphatic hydroxyl groups is 1. The molecule has 1 atom stereocenters. The van der Waals surface area contributed by atoms with Crippen LogP contribution in [0.5, 0.6) is 17.2 Å². The molecule has 5 aromatic rings. The lowest BCUT2D eigenvalue weighted by Gasteiger charge is -2.40. The molecule has 4 nitrogen and oxygen atoms in total. The number of hydrogen-bond acceptors (Lipinski definition) is 4. The maximum Gasteiger partial charge on any atom is 0.161 e. The molecule has 0 bridgehead atoms. The van der Waals surface area contributed by atoms with Gasteiger partial charge in [0.05, 0.1) is 19.6 Å². The Labute approximate surface area is 222 Å². The van der Waals surface area contributed by atoms with Crippen LogP contribution in [0.25, 0.3) is 21.9 Å². The summed E-state index contributed by atoms with van der Waals surface area (Å²) in [6, 6.07) is 33.3. The molecule has 0 spiro atoms. The zero-order valence-corrected chi connectivity index (χ0v) is 21.4. The van der Waals surface area contributed by atoms with Crippen LogP contribution in [0.3, 0.4) is 0 Å². The summed E-state index contributed by atoms with van der Waals surface area (Å²) in [5, 5.41) is 13.7. The number of aliphatic hydroxyl groups excluding tert-OH is 1. The molecule has 1 aliphatic heterocycles. The maximum atomic E-state index is 11.8. The number of hydrogen-bond donors (Lipinski definition) is 1. The van der Waals surface area contributed by atoms with Gasteiger partial charge in [-0.2, -0.15) is 0 Å². The van der Waals surface area contributed by atoms with Gasteiger partial charge in [0.2, 0.25) is 0 Å². The van der Waals surface area contributed by atoms with Gasteiger partial charge in [-0.3, -0.25) is 0 Å². The molecule has 188 valence electrons. The van der Waals surface area contributed by atoms with Crippen LogP contribution in [0, 0.1) is 0 Å². The third-order valence-corrected chi connectivity index (χ3v) is 8.30. The summed E-state index contributed by atoms with van der Waals surface area (Å²) < 4.78 is 18.2. The first kappa shape index (κ1) is 22.9. The van der Waals surface area contributed by atoms with E-state index >= 15 is 0 Å². The molecule has 1 heterocycles. The van der Waals surface area contributed by atoms with E-state index in [1.54, 1.807) is 14.2 Å². The second-order valence-electron chi connectivity index (χ2n) is 10.1. The number of fused-ring (bicyclic) bond motifs is 8. The van der Waals surface area contributed by atoms with E-state index in [0.717, 1.165) is 44.3 Å². The van der Waals surface area contributed by atoms with E-state index in [1.807, 2.05) is 42.5 Å². The summed E-state index contributed by atoms with van der Waals surface area (Å²) in [4.78, 5) is 0. The van der Waals surface area contributed by atoms with E-state index in [9.17, 15) is 5.11 Å². The van der Waals surface area contributed by atoms with E-state index in [0.29, 0.717) is 24.5 Å². The minimum Gasteiger partial charge on any atom is -0.493 e. The lowest BCUT2D eigenvalue weighted by Crippen LogP contribution is -2.40.